The summed E-state index contributed by atoms with van der Waals surface area (Å²) in [5.74, 6) is -0.396. The average Bonchev–Trinajstić information content (AvgIpc) is 2.87. The van der Waals surface area contributed by atoms with Gasteiger partial charge in [0.15, 0.2) is 5.82 Å². The zero-order valence-corrected chi connectivity index (χ0v) is 11.6. The van der Waals surface area contributed by atoms with Crippen LogP contribution in [0, 0.1) is 0 Å². The normalized spacial score (nSPS) is 12.1. The summed E-state index contributed by atoms with van der Waals surface area (Å²) in [4.78, 5) is 14.9. The van der Waals surface area contributed by atoms with Crippen molar-refractivity contribution in [3.63, 3.8) is 0 Å². The van der Waals surface area contributed by atoms with E-state index in [-0.39, 0.29) is 23.8 Å². The van der Waals surface area contributed by atoms with Gasteiger partial charge in [0.2, 0.25) is 5.89 Å². The van der Waals surface area contributed by atoms with Crippen molar-refractivity contribution in [2.75, 3.05) is 0 Å². The van der Waals surface area contributed by atoms with Gasteiger partial charge in [0, 0.05) is 16.5 Å². The molecule has 0 aliphatic carbocycles. The summed E-state index contributed by atoms with van der Waals surface area (Å²) < 4.78 is 5.04. The Bertz CT molecular complexity index is 634. The number of aliphatic carboxylic acids is 1. The molecule has 0 fully saturated rings. The van der Waals surface area contributed by atoms with E-state index < -0.39 is 5.97 Å². The van der Waals surface area contributed by atoms with E-state index in [1.54, 1.807) is 12.1 Å². The molecular weight excluding hydrogens is 280 g/mol. The second-order valence-electron chi connectivity index (χ2n) is 4.41. The Morgan fingerprint density at radius 3 is 2.70 bits per heavy atom. The van der Waals surface area contributed by atoms with Gasteiger partial charge < -0.3 is 9.63 Å². The predicted molar refractivity (Wildman–Crippen MR) is 73.7 cm³/mol. The van der Waals surface area contributed by atoms with Crippen molar-refractivity contribution < 1.29 is 14.4 Å². The summed E-state index contributed by atoms with van der Waals surface area (Å²) in [6.45, 7) is 5.36. The van der Waals surface area contributed by atoms with E-state index in [0.717, 1.165) is 5.56 Å². The van der Waals surface area contributed by atoms with Crippen molar-refractivity contribution in [1.29, 1.82) is 0 Å². The van der Waals surface area contributed by atoms with Crippen molar-refractivity contribution in [2.24, 2.45) is 0 Å². The number of hydrogen-bond acceptors (Lipinski definition) is 4. The molecule has 1 aromatic carbocycles. The lowest BCUT2D eigenvalue weighted by Gasteiger charge is -2.06. The Kier molecular flexibility index (Phi) is 4.20. The number of benzene rings is 1. The molecule has 0 radical (unpaired) electrons. The SMILES string of the molecule is C=C(Cc1nc(C(C)c2ccc(Cl)cc2)no1)C(=O)O. The predicted octanol–water partition coefficient (Wildman–Crippen LogP) is 3.06. The van der Waals surface area contributed by atoms with Crippen LogP contribution in [0.4, 0.5) is 0 Å². The van der Waals surface area contributed by atoms with Crippen LogP contribution in [0.3, 0.4) is 0 Å². The monoisotopic (exact) mass is 292 g/mol. The van der Waals surface area contributed by atoms with Crippen LogP contribution in [0.5, 0.6) is 0 Å². The molecule has 2 aromatic rings. The minimum Gasteiger partial charge on any atom is -0.478 e. The van der Waals surface area contributed by atoms with Gasteiger partial charge in [-0.25, -0.2) is 4.79 Å². The molecular formula is C14H13ClN2O3. The Morgan fingerprint density at radius 2 is 2.10 bits per heavy atom. The van der Waals surface area contributed by atoms with Crippen LogP contribution in [0.15, 0.2) is 40.9 Å². The quantitative estimate of drug-likeness (QED) is 0.857. The van der Waals surface area contributed by atoms with E-state index in [0.29, 0.717) is 10.8 Å². The maximum absolute atomic E-state index is 10.7. The first kappa shape index (κ1) is 14.3. The highest BCUT2D eigenvalue weighted by atomic mass is 35.5. The third-order valence-electron chi connectivity index (χ3n) is 2.91. The molecule has 0 amide bonds. The van der Waals surface area contributed by atoms with E-state index >= 15 is 0 Å². The first-order valence-electron chi connectivity index (χ1n) is 5.96. The number of carbonyl (C=O) groups is 1. The summed E-state index contributed by atoms with van der Waals surface area (Å²) in [6.07, 6.45) is 0.0374. The molecule has 0 aliphatic heterocycles. The highest BCUT2D eigenvalue weighted by molar-refractivity contribution is 6.30. The molecule has 1 atom stereocenters. The molecule has 20 heavy (non-hydrogen) atoms. The fourth-order valence-corrected chi connectivity index (χ4v) is 1.80. The Morgan fingerprint density at radius 1 is 1.45 bits per heavy atom. The lowest BCUT2D eigenvalue weighted by molar-refractivity contribution is -0.132. The third kappa shape index (κ3) is 3.24. The number of rotatable bonds is 5. The number of aromatic nitrogens is 2. The van der Waals surface area contributed by atoms with Crippen LogP contribution in [-0.4, -0.2) is 21.2 Å². The first-order valence-corrected chi connectivity index (χ1v) is 6.34. The van der Waals surface area contributed by atoms with Gasteiger partial charge in [-0.05, 0) is 17.7 Å². The maximum atomic E-state index is 10.7. The van der Waals surface area contributed by atoms with E-state index in [2.05, 4.69) is 16.7 Å². The summed E-state index contributed by atoms with van der Waals surface area (Å²) in [5.41, 5.74) is 1.01. The van der Waals surface area contributed by atoms with E-state index in [1.807, 2.05) is 19.1 Å². The molecule has 104 valence electrons. The van der Waals surface area contributed by atoms with Crippen molar-refractivity contribution in [2.45, 2.75) is 19.3 Å². The van der Waals surface area contributed by atoms with Gasteiger partial charge in [0.05, 0.1) is 6.42 Å². The van der Waals surface area contributed by atoms with E-state index in [9.17, 15) is 4.79 Å². The van der Waals surface area contributed by atoms with E-state index in [1.165, 1.54) is 0 Å². The highest BCUT2D eigenvalue weighted by Crippen LogP contribution is 2.23. The zero-order chi connectivity index (χ0) is 14.7. The Balaban J connectivity index is 2.14. The van der Waals surface area contributed by atoms with Crippen LogP contribution < -0.4 is 0 Å². The van der Waals surface area contributed by atoms with Gasteiger partial charge in [0.1, 0.15) is 0 Å². The van der Waals surface area contributed by atoms with Gasteiger partial charge in [-0.1, -0.05) is 42.4 Å². The van der Waals surface area contributed by atoms with Crippen LogP contribution >= 0.6 is 11.6 Å². The first-order chi connectivity index (χ1) is 9.47. The molecule has 6 heteroatoms. The number of carboxylic acid groups (broad SMARTS) is 1. The van der Waals surface area contributed by atoms with Crippen molar-refractivity contribution in [3.05, 3.63) is 58.7 Å². The van der Waals surface area contributed by atoms with Crippen molar-refractivity contribution in [3.8, 4) is 0 Å². The zero-order valence-electron chi connectivity index (χ0n) is 10.8. The van der Waals surface area contributed by atoms with Crippen molar-refractivity contribution >= 4 is 17.6 Å². The number of carboxylic acids is 1. The molecule has 2 rings (SSSR count). The molecule has 0 spiro atoms. The van der Waals surface area contributed by atoms with E-state index in [4.69, 9.17) is 21.2 Å². The molecule has 0 bridgehead atoms. The van der Waals surface area contributed by atoms with Crippen LogP contribution in [0.25, 0.3) is 0 Å². The van der Waals surface area contributed by atoms with Gasteiger partial charge in [-0.15, -0.1) is 0 Å². The standard InChI is InChI=1S/C14H13ClN2O3/c1-8(14(18)19)7-12-16-13(17-20-12)9(2)10-3-5-11(15)6-4-10/h3-6,9H,1,7H2,2H3,(H,18,19). The van der Waals surface area contributed by atoms with Crippen LogP contribution in [0.2, 0.25) is 5.02 Å². The minimum absolute atomic E-state index is 0.0133. The lowest BCUT2D eigenvalue weighted by Crippen LogP contribution is -2.03. The number of halogens is 1. The maximum Gasteiger partial charge on any atom is 0.331 e. The smallest absolute Gasteiger partial charge is 0.331 e. The number of nitrogens with zero attached hydrogens (tertiary/aromatic N) is 2. The molecule has 0 saturated heterocycles. The lowest BCUT2D eigenvalue weighted by atomic mass is 10.0. The van der Waals surface area contributed by atoms with Gasteiger partial charge in [-0.2, -0.15) is 4.98 Å². The fourth-order valence-electron chi connectivity index (χ4n) is 1.67. The topological polar surface area (TPSA) is 76.2 Å². The minimum atomic E-state index is -1.07. The summed E-state index contributed by atoms with van der Waals surface area (Å²) in [6, 6.07) is 7.36. The van der Waals surface area contributed by atoms with Crippen LogP contribution in [0.1, 0.15) is 30.1 Å². The molecule has 1 heterocycles. The second-order valence-corrected chi connectivity index (χ2v) is 4.84. The second kappa shape index (κ2) is 5.88. The van der Waals surface area contributed by atoms with Crippen LogP contribution in [-0.2, 0) is 11.2 Å². The highest BCUT2D eigenvalue weighted by Gasteiger charge is 2.17. The molecule has 0 aliphatic rings. The van der Waals surface area contributed by atoms with Gasteiger partial charge in [0.25, 0.3) is 0 Å². The van der Waals surface area contributed by atoms with Gasteiger partial charge in [-0.3, -0.25) is 0 Å². The summed E-state index contributed by atoms with van der Waals surface area (Å²) in [5, 5.41) is 13.3. The molecule has 5 nitrogen and oxygen atoms in total. The molecule has 1 N–H and O–H groups in total. The Labute approximate surface area is 120 Å². The Hall–Kier alpha value is -2.14. The molecule has 1 aromatic heterocycles. The molecule has 0 saturated carbocycles. The third-order valence-corrected chi connectivity index (χ3v) is 3.16. The average molecular weight is 293 g/mol. The van der Waals surface area contributed by atoms with Crippen molar-refractivity contribution in [1.82, 2.24) is 10.1 Å². The van der Waals surface area contributed by atoms with Gasteiger partial charge >= 0.3 is 5.97 Å². The summed E-state index contributed by atoms with van der Waals surface area (Å²) >= 11 is 5.84. The number of hydrogen-bond donors (Lipinski definition) is 1. The molecule has 1 unspecified atom stereocenters. The summed E-state index contributed by atoms with van der Waals surface area (Å²) in [7, 11) is 0. The fraction of sp³-hybridized carbons (Fsp3) is 0.214. The largest absolute Gasteiger partial charge is 0.478 e.